The number of carbonyl (C=O) groups excluding carboxylic acids is 1. The highest BCUT2D eigenvalue weighted by atomic mass is 79.9. The van der Waals surface area contributed by atoms with E-state index < -0.39 is 0 Å². The van der Waals surface area contributed by atoms with E-state index in [0.717, 1.165) is 28.9 Å². The molecule has 0 saturated carbocycles. The van der Waals surface area contributed by atoms with Gasteiger partial charge in [0.15, 0.2) is 0 Å². The second kappa shape index (κ2) is 9.16. The third-order valence-corrected chi connectivity index (χ3v) is 5.06. The molecule has 6 heteroatoms. The van der Waals surface area contributed by atoms with Crippen LogP contribution in [0.25, 0.3) is 0 Å². The number of morpholine rings is 1. The lowest BCUT2D eigenvalue weighted by Gasteiger charge is -2.35. The maximum atomic E-state index is 12.5. The number of hydrogen-bond acceptors (Lipinski definition) is 4. The number of methoxy groups -OCH3 is 1. The van der Waals surface area contributed by atoms with Crippen molar-refractivity contribution in [1.82, 2.24) is 10.2 Å². The Morgan fingerprint density at radius 2 is 1.96 bits per heavy atom. The maximum Gasteiger partial charge on any atom is 0.251 e. The van der Waals surface area contributed by atoms with Crippen LogP contribution in [0, 0.1) is 0 Å². The SMILES string of the molecule is COc1cccc(C(CNC(=O)c2ccc(Br)cc2)N2CCOCC2)c1. The first-order valence-electron chi connectivity index (χ1n) is 8.67. The number of rotatable bonds is 6. The summed E-state index contributed by atoms with van der Waals surface area (Å²) in [6.45, 7) is 3.64. The van der Waals surface area contributed by atoms with E-state index in [1.54, 1.807) is 7.11 Å². The van der Waals surface area contributed by atoms with Crippen LogP contribution in [0.1, 0.15) is 22.0 Å². The van der Waals surface area contributed by atoms with Crippen molar-refractivity contribution in [3.63, 3.8) is 0 Å². The number of carbonyl (C=O) groups is 1. The van der Waals surface area contributed by atoms with Crippen LogP contribution in [0.5, 0.6) is 5.75 Å². The molecule has 1 saturated heterocycles. The predicted octanol–water partition coefficient (Wildman–Crippen LogP) is 3.26. The number of benzene rings is 2. The first kappa shape index (κ1) is 18.9. The Morgan fingerprint density at radius 1 is 1.23 bits per heavy atom. The van der Waals surface area contributed by atoms with Gasteiger partial charge in [-0.15, -0.1) is 0 Å². The van der Waals surface area contributed by atoms with Crippen molar-refractivity contribution in [2.75, 3.05) is 40.0 Å². The van der Waals surface area contributed by atoms with Crippen LogP contribution in [-0.4, -0.2) is 50.8 Å². The molecule has 0 aliphatic carbocycles. The molecule has 1 amide bonds. The summed E-state index contributed by atoms with van der Waals surface area (Å²) in [5.74, 6) is 0.749. The van der Waals surface area contributed by atoms with Gasteiger partial charge >= 0.3 is 0 Å². The van der Waals surface area contributed by atoms with Crippen molar-refractivity contribution in [3.05, 3.63) is 64.1 Å². The van der Waals surface area contributed by atoms with Gasteiger partial charge in [0.25, 0.3) is 5.91 Å². The normalized spacial score (nSPS) is 16.1. The lowest BCUT2D eigenvalue weighted by molar-refractivity contribution is 0.0162. The Bertz CT molecular complexity index is 730. The molecule has 2 aromatic carbocycles. The first-order chi connectivity index (χ1) is 12.7. The zero-order valence-corrected chi connectivity index (χ0v) is 16.4. The molecule has 1 unspecified atom stereocenters. The largest absolute Gasteiger partial charge is 0.497 e. The zero-order valence-electron chi connectivity index (χ0n) is 14.8. The predicted molar refractivity (Wildman–Crippen MR) is 105 cm³/mol. The highest BCUT2D eigenvalue weighted by molar-refractivity contribution is 9.10. The minimum absolute atomic E-state index is 0.0707. The van der Waals surface area contributed by atoms with Gasteiger partial charge in [0, 0.05) is 29.7 Å². The Kier molecular flexibility index (Phi) is 6.66. The lowest BCUT2D eigenvalue weighted by Crippen LogP contribution is -2.43. The van der Waals surface area contributed by atoms with Crippen LogP contribution in [0.3, 0.4) is 0 Å². The molecular formula is C20H23BrN2O3. The molecule has 1 fully saturated rings. The standard InChI is InChI=1S/C20H23BrN2O3/c1-25-18-4-2-3-16(13-18)19(23-9-11-26-12-10-23)14-22-20(24)15-5-7-17(21)8-6-15/h2-8,13,19H,9-12,14H2,1H3,(H,22,24). The third-order valence-electron chi connectivity index (χ3n) is 4.53. The Hall–Kier alpha value is -1.89. The molecule has 138 valence electrons. The third kappa shape index (κ3) is 4.84. The van der Waals surface area contributed by atoms with E-state index in [1.165, 1.54) is 0 Å². The fourth-order valence-corrected chi connectivity index (χ4v) is 3.35. The van der Waals surface area contributed by atoms with Crippen LogP contribution in [-0.2, 0) is 4.74 Å². The Labute approximate surface area is 162 Å². The molecule has 1 heterocycles. The summed E-state index contributed by atoms with van der Waals surface area (Å²) in [5.41, 5.74) is 1.78. The number of hydrogen-bond donors (Lipinski definition) is 1. The minimum atomic E-state index is -0.0707. The number of ether oxygens (including phenoxy) is 2. The van der Waals surface area contributed by atoms with Gasteiger partial charge < -0.3 is 14.8 Å². The molecule has 1 aliphatic heterocycles. The van der Waals surface area contributed by atoms with Crippen LogP contribution in [0.4, 0.5) is 0 Å². The van der Waals surface area contributed by atoms with Crippen molar-refractivity contribution in [3.8, 4) is 5.75 Å². The van der Waals surface area contributed by atoms with E-state index in [4.69, 9.17) is 9.47 Å². The lowest BCUT2D eigenvalue weighted by atomic mass is 10.0. The summed E-state index contributed by atoms with van der Waals surface area (Å²) in [7, 11) is 1.66. The summed E-state index contributed by atoms with van der Waals surface area (Å²) < 4.78 is 11.8. The fraction of sp³-hybridized carbons (Fsp3) is 0.350. The average Bonchev–Trinajstić information content (AvgIpc) is 2.69. The van der Waals surface area contributed by atoms with Gasteiger partial charge in [0.2, 0.25) is 0 Å². The molecule has 5 nitrogen and oxygen atoms in total. The quantitative estimate of drug-likeness (QED) is 0.781. The molecule has 0 aromatic heterocycles. The highest BCUT2D eigenvalue weighted by Crippen LogP contribution is 2.25. The summed E-state index contributed by atoms with van der Waals surface area (Å²) in [4.78, 5) is 14.9. The smallest absolute Gasteiger partial charge is 0.251 e. The van der Waals surface area contributed by atoms with E-state index in [2.05, 4.69) is 32.2 Å². The summed E-state index contributed by atoms with van der Waals surface area (Å²) >= 11 is 3.39. The monoisotopic (exact) mass is 418 g/mol. The number of nitrogens with one attached hydrogen (secondary N) is 1. The summed E-state index contributed by atoms with van der Waals surface area (Å²) in [6.07, 6.45) is 0. The molecule has 0 spiro atoms. The molecule has 1 N–H and O–H groups in total. The van der Waals surface area contributed by atoms with E-state index in [-0.39, 0.29) is 11.9 Å². The zero-order chi connectivity index (χ0) is 18.4. The Balaban J connectivity index is 1.74. The summed E-state index contributed by atoms with van der Waals surface area (Å²) in [6, 6.07) is 15.5. The Morgan fingerprint density at radius 3 is 2.65 bits per heavy atom. The van der Waals surface area contributed by atoms with Gasteiger partial charge in [-0.25, -0.2) is 0 Å². The molecule has 3 rings (SSSR count). The topological polar surface area (TPSA) is 50.8 Å². The summed E-state index contributed by atoms with van der Waals surface area (Å²) in [5, 5.41) is 3.07. The van der Waals surface area contributed by atoms with E-state index in [0.29, 0.717) is 25.3 Å². The van der Waals surface area contributed by atoms with Crippen molar-refractivity contribution >= 4 is 21.8 Å². The van der Waals surface area contributed by atoms with E-state index >= 15 is 0 Å². The van der Waals surface area contributed by atoms with E-state index in [9.17, 15) is 4.79 Å². The van der Waals surface area contributed by atoms with Crippen molar-refractivity contribution in [2.24, 2.45) is 0 Å². The molecule has 1 aliphatic rings. The molecule has 2 aromatic rings. The molecule has 0 radical (unpaired) electrons. The van der Waals surface area contributed by atoms with Gasteiger partial charge in [-0.3, -0.25) is 9.69 Å². The van der Waals surface area contributed by atoms with E-state index in [1.807, 2.05) is 42.5 Å². The average molecular weight is 419 g/mol. The number of amides is 1. The number of nitrogens with zero attached hydrogens (tertiary/aromatic N) is 1. The molecule has 0 bridgehead atoms. The van der Waals surface area contributed by atoms with Gasteiger partial charge in [-0.2, -0.15) is 0 Å². The van der Waals surface area contributed by atoms with Crippen LogP contribution < -0.4 is 10.1 Å². The van der Waals surface area contributed by atoms with Crippen LogP contribution in [0.2, 0.25) is 0 Å². The maximum absolute atomic E-state index is 12.5. The van der Waals surface area contributed by atoms with Crippen molar-refractivity contribution in [2.45, 2.75) is 6.04 Å². The van der Waals surface area contributed by atoms with Crippen LogP contribution in [0.15, 0.2) is 53.0 Å². The second-order valence-electron chi connectivity index (χ2n) is 6.16. The molecule has 26 heavy (non-hydrogen) atoms. The van der Waals surface area contributed by atoms with Crippen molar-refractivity contribution in [1.29, 1.82) is 0 Å². The van der Waals surface area contributed by atoms with Crippen molar-refractivity contribution < 1.29 is 14.3 Å². The number of halogens is 1. The fourth-order valence-electron chi connectivity index (χ4n) is 3.09. The van der Waals surface area contributed by atoms with Gasteiger partial charge in [0.05, 0.1) is 26.4 Å². The first-order valence-corrected chi connectivity index (χ1v) is 9.46. The molecule has 1 atom stereocenters. The van der Waals surface area contributed by atoms with Gasteiger partial charge in [-0.05, 0) is 42.0 Å². The van der Waals surface area contributed by atoms with Gasteiger partial charge in [-0.1, -0.05) is 28.1 Å². The highest BCUT2D eigenvalue weighted by Gasteiger charge is 2.23. The minimum Gasteiger partial charge on any atom is -0.497 e. The second-order valence-corrected chi connectivity index (χ2v) is 7.07. The van der Waals surface area contributed by atoms with Gasteiger partial charge in [0.1, 0.15) is 5.75 Å². The molecular weight excluding hydrogens is 396 g/mol. The van der Waals surface area contributed by atoms with Crippen LogP contribution >= 0.6 is 15.9 Å².